The van der Waals surface area contributed by atoms with Gasteiger partial charge in [-0.15, -0.1) is 0 Å². The standard InChI is InChI=1S/C16H16/c1-11-7-5-9-15(13(11)3)16-10-6-8-12(2)14(16)4/h5-10H,3-4H2,1-2H3/b16-15-. The van der Waals surface area contributed by atoms with Crippen molar-refractivity contribution in [1.82, 2.24) is 0 Å². The Kier molecular flexibility index (Phi) is 2.66. The van der Waals surface area contributed by atoms with Crippen LogP contribution in [0, 0.1) is 24.3 Å². The Morgan fingerprint density at radius 3 is 1.44 bits per heavy atom. The molecule has 0 nitrogen and oxygen atoms in total. The van der Waals surface area contributed by atoms with Crippen molar-refractivity contribution in [3.8, 4) is 0 Å². The first-order valence-electron chi connectivity index (χ1n) is 5.45. The zero-order valence-corrected chi connectivity index (χ0v) is 9.88. The lowest BCUT2D eigenvalue weighted by molar-refractivity contribution is 1.31. The summed E-state index contributed by atoms with van der Waals surface area (Å²) < 4.78 is 0. The van der Waals surface area contributed by atoms with E-state index in [4.69, 9.17) is 0 Å². The van der Waals surface area contributed by atoms with Crippen LogP contribution in [0.5, 0.6) is 0 Å². The van der Waals surface area contributed by atoms with E-state index in [0.29, 0.717) is 0 Å². The average molecular weight is 208 g/mol. The molecule has 0 N–H and O–H groups in total. The fourth-order valence-electron chi connectivity index (χ4n) is 1.91. The molecule has 0 atom stereocenters. The monoisotopic (exact) mass is 208 g/mol. The number of hydrogen-bond acceptors (Lipinski definition) is 0. The quantitative estimate of drug-likeness (QED) is 0.623. The van der Waals surface area contributed by atoms with Crippen molar-refractivity contribution in [3.63, 3.8) is 0 Å². The van der Waals surface area contributed by atoms with E-state index >= 15 is 0 Å². The fourth-order valence-corrected chi connectivity index (χ4v) is 1.91. The van der Waals surface area contributed by atoms with Gasteiger partial charge in [-0.1, -0.05) is 49.6 Å². The van der Waals surface area contributed by atoms with Crippen molar-refractivity contribution in [2.75, 3.05) is 0 Å². The van der Waals surface area contributed by atoms with Crippen LogP contribution < -0.4 is 10.4 Å². The molecule has 0 saturated heterocycles. The van der Waals surface area contributed by atoms with E-state index in [1.807, 2.05) is 0 Å². The lowest BCUT2D eigenvalue weighted by atomic mass is 10.1. The molecule has 0 aliphatic heterocycles. The number of benzene rings is 2. The van der Waals surface area contributed by atoms with Crippen molar-refractivity contribution in [3.05, 3.63) is 68.4 Å². The summed E-state index contributed by atoms with van der Waals surface area (Å²) in [6.07, 6.45) is 0. The van der Waals surface area contributed by atoms with E-state index in [0.717, 1.165) is 10.4 Å². The molecule has 0 spiro atoms. The van der Waals surface area contributed by atoms with Crippen molar-refractivity contribution < 1.29 is 0 Å². The number of rotatable bonds is 0. The zero-order chi connectivity index (χ0) is 11.7. The predicted molar refractivity (Wildman–Crippen MR) is 70.3 cm³/mol. The second-order valence-electron chi connectivity index (χ2n) is 4.20. The van der Waals surface area contributed by atoms with Gasteiger partial charge in [-0.25, -0.2) is 0 Å². The zero-order valence-electron chi connectivity index (χ0n) is 9.88. The van der Waals surface area contributed by atoms with Crippen molar-refractivity contribution >= 4 is 13.2 Å². The molecule has 0 heterocycles. The lowest BCUT2D eigenvalue weighted by Gasteiger charge is -1.98. The molecule has 0 fully saturated rings. The third-order valence-electron chi connectivity index (χ3n) is 3.11. The molecule has 2 aromatic rings. The molecule has 16 heavy (non-hydrogen) atoms. The normalized spacial score (nSPS) is 12.6. The smallest absolute Gasteiger partial charge is 0.0109 e. The summed E-state index contributed by atoms with van der Waals surface area (Å²) in [7, 11) is 0. The molecule has 0 unspecified atom stereocenters. The highest BCUT2D eigenvalue weighted by molar-refractivity contribution is 5.28. The first-order valence-corrected chi connectivity index (χ1v) is 5.45. The lowest BCUT2D eigenvalue weighted by Crippen LogP contribution is -2.11. The minimum Gasteiger partial charge on any atom is -0.0909 e. The van der Waals surface area contributed by atoms with Crippen LogP contribution in [0.25, 0.3) is 13.2 Å². The summed E-state index contributed by atoms with van der Waals surface area (Å²) in [5, 5.41) is 4.57. The molecule has 0 aromatic heterocycles. The van der Waals surface area contributed by atoms with Gasteiger partial charge in [-0.2, -0.15) is 0 Å². The van der Waals surface area contributed by atoms with Gasteiger partial charge in [0.2, 0.25) is 0 Å². The Morgan fingerprint density at radius 1 is 0.688 bits per heavy atom. The van der Waals surface area contributed by atoms with Gasteiger partial charge in [-0.05, 0) is 45.8 Å². The Morgan fingerprint density at radius 2 is 1.06 bits per heavy atom. The van der Waals surface area contributed by atoms with Crippen molar-refractivity contribution in [2.45, 2.75) is 13.8 Å². The van der Waals surface area contributed by atoms with Crippen LogP contribution in [0.3, 0.4) is 0 Å². The fraction of sp³-hybridized carbons (Fsp3) is 0.125. The summed E-state index contributed by atoms with van der Waals surface area (Å²) in [4.78, 5) is 0. The molecule has 2 aromatic carbocycles. The second kappa shape index (κ2) is 3.97. The summed E-state index contributed by atoms with van der Waals surface area (Å²) >= 11 is 0. The highest BCUT2D eigenvalue weighted by atomic mass is 14.0. The molecular formula is C16H16. The number of hydrogen-bond donors (Lipinski definition) is 0. The van der Waals surface area contributed by atoms with Crippen molar-refractivity contribution in [1.29, 1.82) is 0 Å². The van der Waals surface area contributed by atoms with Gasteiger partial charge in [0.1, 0.15) is 0 Å². The Balaban J connectivity index is 3.16. The molecule has 2 rings (SSSR count). The molecule has 0 heteroatoms. The largest absolute Gasteiger partial charge is 0.0909 e. The topological polar surface area (TPSA) is 0 Å². The third kappa shape index (κ3) is 1.67. The molecule has 0 radical (unpaired) electrons. The minimum atomic E-state index is 1.10. The Labute approximate surface area is 95.9 Å². The second-order valence-corrected chi connectivity index (χ2v) is 4.20. The molecule has 0 bridgehead atoms. The average Bonchev–Trinajstić information content (AvgIpc) is 2.27. The first-order chi connectivity index (χ1) is 7.61. The van der Waals surface area contributed by atoms with Gasteiger partial charge in [-0.3, -0.25) is 0 Å². The maximum atomic E-state index is 4.14. The van der Waals surface area contributed by atoms with Crippen LogP contribution in [-0.4, -0.2) is 0 Å². The van der Waals surface area contributed by atoms with Crippen LogP contribution in [0.15, 0.2) is 36.4 Å². The van der Waals surface area contributed by atoms with Crippen LogP contribution in [-0.2, 0) is 0 Å². The molecule has 0 aliphatic carbocycles. The molecule has 0 aliphatic rings. The summed E-state index contributed by atoms with van der Waals surface area (Å²) in [6, 6.07) is 12.5. The Bertz CT molecular complexity index is 645. The van der Waals surface area contributed by atoms with E-state index in [1.165, 1.54) is 21.6 Å². The van der Waals surface area contributed by atoms with E-state index in [-0.39, 0.29) is 0 Å². The van der Waals surface area contributed by atoms with Crippen LogP contribution in [0.2, 0.25) is 0 Å². The highest BCUT2D eigenvalue weighted by Gasteiger charge is 1.92. The van der Waals surface area contributed by atoms with Gasteiger partial charge >= 0.3 is 0 Å². The van der Waals surface area contributed by atoms with E-state index < -0.39 is 0 Å². The van der Waals surface area contributed by atoms with E-state index in [2.05, 4.69) is 63.4 Å². The summed E-state index contributed by atoms with van der Waals surface area (Å²) in [6.45, 7) is 12.5. The first kappa shape index (κ1) is 10.7. The van der Waals surface area contributed by atoms with Crippen LogP contribution in [0.4, 0.5) is 0 Å². The molecule has 80 valence electrons. The number of aryl methyl sites for hydroxylation is 2. The minimum absolute atomic E-state index is 1.10. The Hall–Kier alpha value is -1.82. The van der Waals surface area contributed by atoms with Gasteiger partial charge in [0.05, 0.1) is 0 Å². The van der Waals surface area contributed by atoms with Crippen LogP contribution >= 0.6 is 0 Å². The third-order valence-corrected chi connectivity index (χ3v) is 3.11. The van der Waals surface area contributed by atoms with E-state index in [1.54, 1.807) is 0 Å². The van der Waals surface area contributed by atoms with Gasteiger partial charge in [0.25, 0.3) is 0 Å². The SMILES string of the molecule is C=c1c(C)ccc/c1=c1\cccc(C)c1=C. The predicted octanol–water partition coefficient (Wildman–Crippen LogP) is 2.41. The van der Waals surface area contributed by atoms with E-state index in [9.17, 15) is 0 Å². The molecule has 0 saturated carbocycles. The molecule has 0 amide bonds. The van der Waals surface area contributed by atoms with Gasteiger partial charge in [0, 0.05) is 0 Å². The van der Waals surface area contributed by atoms with Crippen LogP contribution in [0.1, 0.15) is 11.1 Å². The maximum Gasteiger partial charge on any atom is -0.0109 e. The summed E-state index contributed by atoms with van der Waals surface area (Å²) in [5.74, 6) is 0. The highest BCUT2D eigenvalue weighted by Crippen LogP contribution is 1.94. The van der Waals surface area contributed by atoms with Gasteiger partial charge < -0.3 is 0 Å². The summed E-state index contributed by atoms with van der Waals surface area (Å²) in [5.41, 5.74) is 2.44. The molecular weight excluding hydrogens is 192 g/mol. The van der Waals surface area contributed by atoms with Gasteiger partial charge in [0.15, 0.2) is 0 Å². The van der Waals surface area contributed by atoms with Crippen molar-refractivity contribution in [2.24, 2.45) is 0 Å². The maximum absolute atomic E-state index is 4.14.